The van der Waals surface area contributed by atoms with Crippen molar-refractivity contribution in [1.82, 2.24) is 19.5 Å². The van der Waals surface area contributed by atoms with Gasteiger partial charge in [0.15, 0.2) is 5.82 Å². The molecule has 252 valence electrons. The third kappa shape index (κ3) is 4.40. The number of hydrogen-bond acceptors (Lipinski definition) is 3. The van der Waals surface area contributed by atoms with Crippen LogP contribution in [0.25, 0.3) is 72.3 Å². The number of pyridine rings is 1. The average Bonchev–Trinajstić information content (AvgIpc) is 3.60. The third-order valence-corrected chi connectivity index (χ3v) is 11.2. The number of rotatable bonds is 5. The second-order valence-corrected chi connectivity index (χ2v) is 14.0. The molecule has 4 nitrogen and oxygen atoms in total. The topological polar surface area (TPSA) is 43.6 Å². The van der Waals surface area contributed by atoms with Crippen molar-refractivity contribution in [2.45, 2.75) is 5.41 Å². The van der Waals surface area contributed by atoms with Crippen LogP contribution in [0.2, 0.25) is 0 Å². The average molecular weight is 689 g/mol. The quantitative estimate of drug-likeness (QED) is 0.181. The lowest BCUT2D eigenvalue weighted by atomic mass is 9.63. The van der Waals surface area contributed by atoms with Gasteiger partial charge in [-0.1, -0.05) is 158 Å². The summed E-state index contributed by atoms with van der Waals surface area (Å²) in [6.45, 7) is 0. The van der Waals surface area contributed by atoms with Gasteiger partial charge < -0.3 is 4.57 Å². The van der Waals surface area contributed by atoms with Crippen LogP contribution in [-0.2, 0) is 5.41 Å². The maximum atomic E-state index is 5.03. The molecule has 3 aromatic heterocycles. The van der Waals surface area contributed by atoms with Crippen molar-refractivity contribution in [3.05, 3.63) is 217 Å². The van der Waals surface area contributed by atoms with Gasteiger partial charge in [0.05, 0.1) is 33.3 Å². The fourth-order valence-electron chi connectivity index (χ4n) is 8.82. The Kier molecular flexibility index (Phi) is 6.73. The van der Waals surface area contributed by atoms with Gasteiger partial charge in [-0.15, -0.1) is 0 Å². The van der Waals surface area contributed by atoms with Crippen LogP contribution in [-0.4, -0.2) is 19.5 Å². The van der Waals surface area contributed by atoms with Gasteiger partial charge in [0.25, 0.3) is 0 Å². The van der Waals surface area contributed by atoms with Crippen molar-refractivity contribution >= 4 is 32.7 Å². The maximum Gasteiger partial charge on any atom is 0.179 e. The molecule has 0 fully saturated rings. The molecule has 11 rings (SSSR count). The molecule has 0 radical (unpaired) electrons. The number of nitrogens with zero attached hydrogens (tertiary/aromatic N) is 4. The second-order valence-electron chi connectivity index (χ2n) is 14.0. The van der Waals surface area contributed by atoms with E-state index in [0.29, 0.717) is 5.82 Å². The van der Waals surface area contributed by atoms with E-state index >= 15 is 0 Å². The zero-order chi connectivity index (χ0) is 35.6. The second kappa shape index (κ2) is 11.9. The molecule has 1 atom stereocenters. The molecular weight excluding hydrogens is 657 g/mol. The zero-order valence-electron chi connectivity index (χ0n) is 29.3. The minimum atomic E-state index is -0.524. The van der Waals surface area contributed by atoms with Crippen molar-refractivity contribution in [3.8, 4) is 39.6 Å². The molecule has 1 unspecified atom stereocenters. The summed E-state index contributed by atoms with van der Waals surface area (Å²) in [6, 6.07) is 67.6. The van der Waals surface area contributed by atoms with Gasteiger partial charge in [-0.25, -0.2) is 9.97 Å². The lowest BCUT2D eigenvalue weighted by Gasteiger charge is -2.41. The Balaban J connectivity index is 1.06. The third-order valence-electron chi connectivity index (χ3n) is 11.2. The molecule has 7 aromatic carbocycles. The monoisotopic (exact) mass is 688 g/mol. The summed E-state index contributed by atoms with van der Waals surface area (Å²) >= 11 is 0. The van der Waals surface area contributed by atoms with Crippen molar-refractivity contribution in [2.24, 2.45) is 0 Å². The molecule has 0 aliphatic carbocycles. The Morgan fingerprint density at radius 3 is 1.87 bits per heavy atom. The summed E-state index contributed by atoms with van der Waals surface area (Å²) in [6.07, 6.45) is 1.78. The Labute approximate surface area is 312 Å². The first kappa shape index (κ1) is 30.5. The summed E-state index contributed by atoms with van der Waals surface area (Å²) in [5.41, 5.74) is 14.1. The van der Waals surface area contributed by atoms with Crippen LogP contribution in [0.4, 0.5) is 0 Å². The molecule has 0 spiro atoms. The predicted molar refractivity (Wildman–Crippen MR) is 220 cm³/mol. The van der Waals surface area contributed by atoms with Crippen LogP contribution < -0.4 is 0 Å². The normalized spacial score (nSPS) is 14.7. The zero-order valence-corrected chi connectivity index (χ0v) is 29.3. The molecule has 0 saturated heterocycles. The molecule has 0 N–H and O–H groups in total. The van der Waals surface area contributed by atoms with E-state index in [4.69, 9.17) is 9.97 Å². The van der Waals surface area contributed by atoms with Crippen LogP contribution in [0.15, 0.2) is 194 Å². The Morgan fingerprint density at radius 1 is 0.426 bits per heavy atom. The summed E-state index contributed by atoms with van der Waals surface area (Å²) in [5.74, 6) is 0.622. The minimum absolute atomic E-state index is 0.524. The van der Waals surface area contributed by atoms with E-state index in [0.717, 1.165) is 39.0 Å². The van der Waals surface area contributed by atoms with Crippen LogP contribution in [0, 0.1) is 0 Å². The van der Waals surface area contributed by atoms with E-state index in [2.05, 4.69) is 161 Å². The van der Waals surface area contributed by atoms with Crippen molar-refractivity contribution < 1.29 is 0 Å². The van der Waals surface area contributed by atoms with E-state index in [1.807, 2.05) is 36.4 Å². The Bertz CT molecular complexity index is 3020. The molecule has 1 aliphatic heterocycles. The highest BCUT2D eigenvalue weighted by Crippen LogP contribution is 2.54. The molecular formula is C50H32N4. The molecule has 0 bridgehead atoms. The van der Waals surface area contributed by atoms with E-state index in [9.17, 15) is 0 Å². The fraction of sp³-hybridized carbons (Fsp3) is 0.0200. The van der Waals surface area contributed by atoms with Crippen molar-refractivity contribution in [3.63, 3.8) is 0 Å². The first-order valence-electron chi connectivity index (χ1n) is 18.4. The summed E-state index contributed by atoms with van der Waals surface area (Å²) < 4.78 is 2.48. The SMILES string of the molecule is c1ccc(C2(c3ccc(-c4ccc(-c5nc(-c6ccccn6)nc6ccccc56)cc4)cc3)c3ccccc3-n3c4ccccc4c4cccc2c43)cc1. The van der Waals surface area contributed by atoms with E-state index in [1.54, 1.807) is 6.20 Å². The highest BCUT2D eigenvalue weighted by atomic mass is 15.0. The molecule has 1 aliphatic rings. The lowest BCUT2D eigenvalue weighted by Crippen LogP contribution is -2.35. The number of benzene rings is 7. The summed E-state index contributed by atoms with van der Waals surface area (Å²) in [4.78, 5) is 14.4. The van der Waals surface area contributed by atoms with Gasteiger partial charge in [-0.05, 0) is 63.7 Å². The molecule has 54 heavy (non-hydrogen) atoms. The summed E-state index contributed by atoms with van der Waals surface area (Å²) in [5, 5.41) is 3.57. The first-order valence-corrected chi connectivity index (χ1v) is 18.4. The maximum absolute atomic E-state index is 5.03. The van der Waals surface area contributed by atoms with Crippen molar-refractivity contribution in [2.75, 3.05) is 0 Å². The highest BCUT2D eigenvalue weighted by Gasteiger charge is 2.45. The van der Waals surface area contributed by atoms with E-state index < -0.39 is 5.41 Å². The van der Waals surface area contributed by atoms with Crippen LogP contribution in [0.1, 0.15) is 22.3 Å². The number of hydrogen-bond donors (Lipinski definition) is 0. The predicted octanol–water partition coefficient (Wildman–Crippen LogP) is 11.8. The molecule has 10 aromatic rings. The lowest BCUT2D eigenvalue weighted by molar-refractivity contribution is 0.728. The van der Waals surface area contributed by atoms with Gasteiger partial charge in [0.1, 0.15) is 5.69 Å². The first-order chi connectivity index (χ1) is 26.8. The Hall–Kier alpha value is -7.17. The number of fused-ring (bicyclic) bond motifs is 6. The standard InChI is InChI=1S/C50H32N4/c1-2-13-36(14-3-1)50(41-18-6-9-23-46(41)54-45-22-8-5-15-38(45)39-17-12-19-42(50)48(39)54)37-30-28-34(29-31-37)33-24-26-35(27-25-33)47-40-16-4-7-20-43(40)52-49(53-47)44-21-10-11-32-51-44/h1-32H. The Morgan fingerprint density at radius 2 is 1.06 bits per heavy atom. The molecule has 0 saturated carbocycles. The molecule has 0 amide bonds. The molecule has 4 heterocycles. The number of aromatic nitrogens is 4. The van der Waals surface area contributed by atoms with Crippen LogP contribution in [0.5, 0.6) is 0 Å². The van der Waals surface area contributed by atoms with E-state index in [-0.39, 0.29) is 0 Å². The summed E-state index contributed by atoms with van der Waals surface area (Å²) in [7, 11) is 0. The number of para-hydroxylation sites is 4. The largest absolute Gasteiger partial charge is 0.309 e. The van der Waals surface area contributed by atoms with Gasteiger partial charge in [-0.3, -0.25) is 4.98 Å². The fourth-order valence-corrected chi connectivity index (χ4v) is 8.82. The van der Waals surface area contributed by atoms with Crippen LogP contribution in [0.3, 0.4) is 0 Å². The van der Waals surface area contributed by atoms with E-state index in [1.165, 1.54) is 49.7 Å². The minimum Gasteiger partial charge on any atom is -0.309 e. The van der Waals surface area contributed by atoms with Crippen LogP contribution >= 0.6 is 0 Å². The van der Waals surface area contributed by atoms with Gasteiger partial charge >= 0.3 is 0 Å². The van der Waals surface area contributed by atoms with Gasteiger partial charge in [0.2, 0.25) is 0 Å². The highest BCUT2D eigenvalue weighted by molar-refractivity contribution is 6.12. The van der Waals surface area contributed by atoms with Crippen molar-refractivity contribution in [1.29, 1.82) is 0 Å². The van der Waals surface area contributed by atoms with Gasteiger partial charge in [-0.2, -0.15) is 0 Å². The molecule has 4 heteroatoms. The van der Waals surface area contributed by atoms with Gasteiger partial charge in [0, 0.05) is 27.9 Å². The smallest absolute Gasteiger partial charge is 0.179 e.